The highest BCUT2D eigenvalue weighted by Gasteiger charge is 2.16. The second-order valence-electron chi connectivity index (χ2n) is 7.41. The van der Waals surface area contributed by atoms with E-state index in [0.29, 0.717) is 35.0 Å². The number of hydrogen-bond acceptors (Lipinski definition) is 5. The summed E-state index contributed by atoms with van der Waals surface area (Å²) in [5, 5.41) is 0.621. The van der Waals surface area contributed by atoms with Crippen molar-refractivity contribution in [2.45, 2.75) is 50.8 Å². The number of carbonyl (C=O) groups excluding carboxylic acids is 1. The third kappa shape index (κ3) is 5.83. The first-order valence-electron chi connectivity index (χ1n) is 10.3. The van der Waals surface area contributed by atoms with Gasteiger partial charge in [0.1, 0.15) is 0 Å². The summed E-state index contributed by atoms with van der Waals surface area (Å²) in [6.07, 6.45) is 0.857. The number of rotatable bonds is 10. The van der Waals surface area contributed by atoms with Crippen LogP contribution in [0, 0.1) is 17.5 Å². The van der Waals surface area contributed by atoms with E-state index in [0.717, 1.165) is 24.1 Å². The van der Waals surface area contributed by atoms with Gasteiger partial charge in [-0.05, 0) is 63.1 Å². The molecule has 0 atom stereocenters. The van der Waals surface area contributed by atoms with Gasteiger partial charge in [-0.2, -0.15) is 0 Å². The minimum Gasteiger partial charge on any atom is -0.462 e. The van der Waals surface area contributed by atoms with Gasteiger partial charge in [-0.15, -0.1) is 0 Å². The van der Waals surface area contributed by atoms with Gasteiger partial charge in [0.05, 0.1) is 29.3 Å². The van der Waals surface area contributed by atoms with Crippen LogP contribution in [0.15, 0.2) is 35.5 Å². The number of benzene rings is 2. The summed E-state index contributed by atoms with van der Waals surface area (Å²) in [5.74, 6) is -4.16. The van der Waals surface area contributed by atoms with Gasteiger partial charge in [-0.3, -0.25) is 0 Å². The largest absolute Gasteiger partial charge is 0.462 e. The van der Waals surface area contributed by atoms with Gasteiger partial charge in [0.25, 0.3) is 0 Å². The van der Waals surface area contributed by atoms with Gasteiger partial charge in [-0.1, -0.05) is 11.8 Å². The first-order valence-corrected chi connectivity index (χ1v) is 11.3. The quantitative estimate of drug-likeness (QED) is 0.165. The molecule has 0 aliphatic rings. The van der Waals surface area contributed by atoms with Gasteiger partial charge in [0.15, 0.2) is 22.6 Å². The Bertz CT molecular complexity index is 1080. The molecule has 1 heterocycles. The van der Waals surface area contributed by atoms with E-state index in [1.165, 1.54) is 11.8 Å². The Morgan fingerprint density at radius 1 is 1.16 bits per heavy atom. The molecule has 0 bridgehead atoms. The standard InChI is InChI=1S/C23H25F3N2O3S/c1-4-30-22(29)16-6-7-20-19(12-16)27-23(28(20)8-5-9-31-14(2)3)32-13-15-10-17(24)21(26)18(25)11-15/h6-7,10-12,14H,4-5,8-9,13H2,1-3H3. The molecule has 0 saturated carbocycles. The van der Waals surface area contributed by atoms with E-state index in [1.807, 2.05) is 18.4 Å². The molecule has 0 saturated heterocycles. The molecular weight excluding hydrogens is 441 g/mol. The summed E-state index contributed by atoms with van der Waals surface area (Å²) in [6, 6.07) is 7.11. The van der Waals surface area contributed by atoms with Crippen LogP contribution in [-0.2, 0) is 21.8 Å². The van der Waals surface area contributed by atoms with Gasteiger partial charge < -0.3 is 14.0 Å². The van der Waals surface area contributed by atoms with E-state index >= 15 is 0 Å². The van der Waals surface area contributed by atoms with E-state index in [4.69, 9.17) is 9.47 Å². The number of hydrogen-bond donors (Lipinski definition) is 0. The van der Waals surface area contributed by atoms with Crippen molar-refractivity contribution >= 4 is 28.8 Å². The van der Waals surface area contributed by atoms with E-state index in [-0.39, 0.29) is 18.5 Å². The maximum absolute atomic E-state index is 13.6. The summed E-state index contributed by atoms with van der Waals surface area (Å²) in [6.45, 7) is 7.11. The first-order chi connectivity index (χ1) is 15.3. The van der Waals surface area contributed by atoms with E-state index in [9.17, 15) is 18.0 Å². The molecule has 3 aromatic rings. The number of aryl methyl sites for hydroxylation is 1. The van der Waals surface area contributed by atoms with Gasteiger partial charge in [-0.25, -0.2) is 22.9 Å². The number of imidazole rings is 1. The smallest absolute Gasteiger partial charge is 0.338 e. The molecule has 0 radical (unpaired) electrons. The molecule has 0 aliphatic carbocycles. The summed E-state index contributed by atoms with van der Waals surface area (Å²) in [5.41, 5.74) is 2.13. The van der Waals surface area contributed by atoms with Crippen LogP contribution in [0.25, 0.3) is 11.0 Å². The van der Waals surface area contributed by atoms with E-state index < -0.39 is 23.4 Å². The average molecular weight is 467 g/mol. The van der Waals surface area contributed by atoms with E-state index in [1.54, 1.807) is 25.1 Å². The molecule has 0 unspecified atom stereocenters. The van der Waals surface area contributed by atoms with Crippen LogP contribution in [0.1, 0.15) is 43.1 Å². The number of esters is 1. The Labute approximate surface area is 188 Å². The molecule has 0 aliphatic heterocycles. The average Bonchev–Trinajstić information content (AvgIpc) is 3.10. The second-order valence-corrected chi connectivity index (χ2v) is 8.35. The molecule has 1 aromatic heterocycles. The summed E-state index contributed by atoms with van der Waals surface area (Å²) >= 11 is 1.28. The van der Waals surface area contributed by atoms with Crippen LogP contribution < -0.4 is 0 Å². The number of aromatic nitrogens is 2. The fourth-order valence-electron chi connectivity index (χ4n) is 3.16. The second kappa shape index (κ2) is 10.9. The van der Waals surface area contributed by atoms with Crippen molar-refractivity contribution in [2.24, 2.45) is 0 Å². The van der Waals surface area contributed by atoms with Crippen molar-refractivity contribution in [1.29, 1.82) is 0 Å². The van der Waals surface area contributed by atoms with Gasteiger partial charge in [0, 0.05) is 18.9 Å². The van der Waals surface area contributed by atoms with Gasteiger partial charge >= 0.3 is 5.97 Å². The third-order valence-corrected chi connectivity index (χ3v) is 5.66. The Balaban J connectivity index is 1.87. The topological polar surface area (TPSA) is 53.3 Å². The van der Waals surface area contributed by atoms with Crippen LogP contribution in [0.3, 0.4) is 0 Å². The molecule has 3 rings (SSSR count). The zero-order valence-corrected chi connectivity index (χ0v) is 19.0. The molecule has 0 amide bonds. The number of carbonyl (C=O) groups is 1. The fourth-order valence-corrected chi connectivity index (χ4v) is 4.13. The first kappa shape index (κ1) is 24.1. The Hall–Kier alpha value is -2.52. The minimum atomic E-state index is -1.48. The Morgan fingerprint density at radius 3 is 2.53 bits per heavy atom. The minimum absolute atomic E-state index is 0.124. The van der Waals surface area contributed by atoms with Crippen molar-refractivity contribution < 1.29 is 27.4 Å². The SMILES string of the molecule is CCOC(=O)c1ccc2c(c1)nc(SCc1cc(F)c(F)c(F)c1)n2CCCOC(C)C. The molecule has 0 N–H and O–H groups in total. The fraction of sp³-hybridized carbons (Fsp3) is 0.391. The predicted octanol–water partition coefficient (Wildman–Crippen LogP) is 5.74. The van der Waals surface area contributed by atoms with Crippen molar-refractivity contribution in [3.8, 4) is 0 Å². The maximum atomic E-state index is 13.6. The summed E-state index contributed by atoms with van der Waals surface area (Å²) in [7, 11) is 0. The number of thioether (sulfide) groups is 1. The number of fused-ring (bicyclic) bond motifs is 1. The van der Waals surface area contributed by atoms with Crippen LogP contribution in [0.5, 0.6) is 0 Å². The Kier molecular flexibility index (Phi) is 8.20. The highest BCUT2D eigenvalue weighted by atomic mass is 32.2. The lowest BCUT2D eigenvalue weighted by Crippen LogP contribution is -2.08. The monoisotopic (exact) mass is 466 g/mol. The molecule has 32 heavy (non-hydrogen) atoms. The molecule has 0 spiro atoms. The highest BCUT2D eigenvalue weighted by molar-refractivity contribution is 7.98. The van der Waals surface area contributed by atoms with Crippen molar-refractivity contribution in [3.63, 3.8) is 0 Å². The lowest BCUT2D eigenvalue weighted by molar-refractivity contribution is 0.0526. The number of halogens is 3. The summed E-state index contributed by atoms with van der Waals surface area (Å²) in [4.78, 5) is 16.7. The summed E-state index contributed by atoms with van der Waals surface area (Å²) < 4.78 is 53.0. The highest BCUT2D eigenvalue weighted by Crippen LogP contribution is 2.29. The molecule has 0 fully saturated rings. The van der Waals surface area contributed by atoms with Crippen molar-refractivity contribution in [3.05, 3.63) is 58.9 Å². The molecule has 9 heteroatoms. The van der Waals surface area contributed by atoms with E-state index in [2.05, 4.69) is 4.98 Å². The number of ether oxygens (including phenoxy) is 2. The third-order valence-electron chi connectivity index (χ3n) is 4.61. The van der Waals surface area contributed by atoms with Crippen LogP contribution in [-0.4, -0.2) is 34.8 Å². The Morgan fingerprint density at radius 2 is 1.88 bits per heavy atom. The zero-order chi connectivity index (χ0) is 23.3. The normalized spacial score (nSPS) is 11.5. The van der Waals surface area contributed by atoms with Crippen molar-refractivity contribution in [2.75, 3.05) is 13.2 Å². The molecule has 5 nitrogen and oxygen atoms in total. The predicted molar refractivity (Wildman–Crippen MR) is 117 cm³/mol. The number of nitrogens with zero attached hydrogens (tertiary/aromatic N) is 2. The van der Waals surface area contributed by atoms with Gasteiger partial charge in [0.2, 0.25) is 0 Å². The molecule has 172 valence electrons. The lowest BCUT2D eigenvalue weighted by Gasteiger charge is -2.11. The van der Waals surface area contributed by atoms with Crippen LogP contribution in [0.4, 0.5) is 13.2 Å². The van der Waals surface area contributed by atoms with Crippen LogP contribution in [0.2, 0.25) is 0 Å². The molecule has 2 aromatic carbocycles. The molecular formula is C23H25F3N2O3S. The zero-order valence-electron chi connectivity index (χ0n) is 18.2. The lowest BCUT2D eigenvalue weighted by atomic mass is 10.2. The van der Waals surface area contributed by atoms with Crippen molar-refractivity contribution in [1.82, 2.24) is 9.55 Å². The maximum Gasteiger partial charge on any atom is 0.338 e. The van der Waals surface area contributed by atoms with Crippen LogP contribution >= 0.6 is 11.8 Å².